The number of ether oxygens (including phenoxy) is 1. The molecule has 76 valence electrons. The summed E-state index contributed by atoms with van der Waals surface area (Å²) in [5, 5.41) is 0. The molecule has 0 aromatic carbocycles. The fourth-order valence-electron chi connectivity index (χ4n) is 1.75. The van der Waals surface area contributed by atoms with Crippen LogP contribution in [0.4, 0.5) is 0 Å². The van der Waals surface area contributed by atoms with Gasteiger partial charge in [0.15, 0.2) is 0 Å². The van der Waals surface area contributed by atoms with E-state index in [1.54, 1.807) is 0 Å². The Hall–Kier alpha value is -0.340. The van der Waals surface area contributed by atoms with Crippen LogP contribution in [0.25, 0.3) is 0 Å². The van der Waals surface area contributed by atoms with Crippen molar-refractivity contribution >= 4 is 0 Å². The monoisotopic (exact) mass is 183 g/mol. The molecule has 2 N–H and O–H groups in total. The van der Waals surface area contributed by atoms with Crippen LogP contribution in [0.15, 0.2) is 12.2 Å². The van der Waals surface area contributed by atoms with Crippen molar-refractivity contribution in [1.82, 2.24) is 0 Å². The summed E-state index contributed by atoms with van der Waals surface area (Å²) in [6, 6.07) is 0.317. The topological polar surface area (TPSA) is 35.2 Å². The highest BCUT2D eigenvalue weighted by molar-refractivity contribution is 5.01. The van der Waals surface area contributed by atoms with Crippen molar-refractivity contribution in [2.45, 2.75) is 38.6 Å². The minimum atomic E-state index is 0.317. The maximum Gasteiger partial charge on any atom is 0.0503 e. The molecule has 0 aromatic rings. The molecule has 2 atom stereocenters. The molecular formula is C11H21NO. The Bertz CT molecular complexity index is 165. The molecule has 1 heterocycles. The van der Waals surface area contributed by atoms with Crippen LogP contribution in [0.5, 0.6) is 0 Å². The van der Waals surface area contributed by atoms with Gasteiger partial charge in [0, 0.05) is 12.6 Å². The number of hydrogen-bond acceptors (Lipinski definition) is 2. The summed E-state index contributed by atoms with van der Waals surface area (Å²) in [7, 11) is 0. The van der Waals surface area contributed by atoms with E-state index in [-0.39, 0.29) is 0 Å². The van der Waals surface area contributed by atoms with Crippen molar-refractivity contribution in [3.8, 4) is 0 Å². The molecule has 0 radical (unpaired) electrons. The van der Waals surface area contributed by atoms with E-state index >= 15 is 0 Å². The van der Waals surface area contributed by atoms with Crippen molar-refractivity contribution in [1.29, 1.82) is 0 Å². The van der Waals surface area contributed by atoms with E-state index in [2.05, 4.69) is 13.5 Å². The minimum absolute atomic E-state index is 0.317. The molecule has 0 aliphatic carbocycles. The Balaban J connectivity index is 2.32. The highest BCUT2D eigenvalue weighted by Crippen LogP contribution is 2.25. The second-order valence-electron chi connectivity index (χ2n) is 4.06. The molecule has 1 saturated heterocycles. The van der Waals surface area contributed by atoms with Crippen molar-refractivity contribution in [2.24, 2.45) is 11.7 Å². The molecule has 1 aliphatic heterocycles. The number of rotatable bonds is 3. The Morgan fingerprint density at radius 2 is 2.38 bits per heavy atom. The standard InChI is InChI=1S/C11H21NO/c1-9-5-7-13-8-6-11(9)4-3-10(2)12/h10-11H,1,3-8,12H2,2H3. The van der Waals surface area contributed by atoms with E-state index in [4.69, 9.17) is 10.5 Å². The first-order valence-electron chi connectivity index (χ1n) is 5.21. The average molecular weight is 183 g/mol. The third kappa shape index (κ3) is 3.92. The zero-order valence-electron chi connectivity index (χ0n) is 8.59. The van der Waals surface area contributed by atoms with Gasteiger partial charge in [-0.25, -0.2) is 0 Å². The molecule has 0 saturated carbocycles. The predicted octanol–water partition coefficient (Wildman–Crippen LogP) is 2.10. The van der Waals surface area contributed by atoms with Crippen LogP contribution < -0.4 is 5.73 Å². The Labute approximate surface area is 81.1 Å². The van der Waals surface area contributed by atoms with Gasteiger partial charge in [0.2, 0.25) is 0 Å². The van der Waals surface area contributed by atoms with Crippen molar-refractivity contribution in [3.05, 3.63) is 12.2 Å². The summed E-state index contributed by atoms with van der Waals surface area (Å²) in [6.45, 7) is 7.92. The van der Waals surface area contributed by atoms with E-state index in [0.717, 1.165) is 32.5 Å². The molecule has 1 rings (SSSR count). The second-order valence-corrected chi connectivity index (χ2v) is 4.06. The molecular weight excluding hydrogens is 162 g/mol. The smallest absolute Gasteiger partial charge is 0.0503 e. The van der Waals surface area contributed by atoms with E-state index in [1.807, 2.05) is 0 Å². The quantitative estimate of drug-likeness (QED) is 0.680. The highest BCUT2D eigenvalue weighted by Gasteiger charge is 2.15. The van der Waals surface area contributed by atoms with Gasteiger partial charge in [-0.3, -0.25) is 0 Å². The zero-order chi connectivity index (χ0) is 9.68. The van der Waals surface area contributed by atoms with Gasteiger partial charge in [0.1, 0.15) is 0 Å². The number of hydrogen-bond donors (Lipinski definition) is 1. The Morgan fingerprint density at radius 3 is 3.08 bits per heavy atom. The van der Waals surface area contributed by atoms with Crippen LogP contribution >= 0.6 is 0 Å². The molecule has 0 bridgehead atoms. The van der Waals surface area contributed by atoms with Crippen LogP contribution in [-0.2, 0) is 4.74 Å². The first-order valence-corrected chi connectivity index (χ1v) is 5.21. The van der Waals surface area contributed by atoms with Crippen molar-refractivity contribution in [2.75, 3.05) is 13.2 Å². The SMILES string of the molecule is C=C1CCOCCC1CCC(C)N. The maximum absolute atomic E-state index is 5.73. The molecule has 0 amide bonds. The molecule has 2 nitrogen and oxygen atoms in total. The van der Waals surface area contributed by atoms with Gasteiger partial charge >= 0.3 is 0 Å². The first kappa shape index (κ1) is 10.7. The van der Waals surface area contributed by atoms with E-state index in [1.165, 1.54) is 12.0 Å². The summed E-state index contributed by atoms with van der Waals surface area (Å²) in [4.78, 5) is 0. The summed E-state index contributed by atoms with van der Waals surface area (Å²) in [5.74, 6) is 0.647. The molecule has 1 aliphatic rings. The van der Waals surface area contributed by atoms with Crippen LogP contribution in [0, 0.1) is 5.92 Å². The maximum atomic E-state index is 5.73. The van der Waals surface area contributed by atoms with Crippen molar-refractivity contribution in [3.63, 3.8) is 0 Å². The summed E-state index contributed by atoms with van der Waals surface area (Å²) in [6.07, 6.45) is 4.44. The molecule has 2 heteroatoms. The second kappa shape index (κ2) is 5.40. The zero-order valence-corrected chi connectivity index (χ0v) is 8.59. The summed E-state index contributed by atoms with van der Waals surface area (Å²) >= 11 is 0. The van der Waals surface area contributed by atoms with Gasteiger partial charge in [-0.15, -0.1) is 0 Å². The van der Waals surface area contributed by atoms with Gasteiger partial charge in [0.05, 0.1) is 6.61 Å². The normalized spacial score (nSPS) is 26.9. The van der Waals surface area contributed by atoms with Crippen LogP contribution in [0.3, 0.4) is 0 Å². The molecule has 13 heavy (non-hydrogen) atoms. The van der Waals surface area contributed by atoms with Crippen LogP contribution in [-0.4, -0.2) is 19.3 Å². The van der Waals surface area contributed by atoms with E-state index < -0.39 is 0 Å². The molecule has 1 fully saturated rings. The van der Waals surface area contributed by atoms with Gasteiger partial charge in [-0.1, -0.05) is 12.2 Å². The third-order valence-electron chi connectivity index (χ3n) is 2.73. The fraction of sp³-hybridized carbons (Fsp3) is 0.818. The van der Waals surface area contributed by atoms with E-state index in [0.29, 0.717) is 12.0 Å². The summed E-state index contributed by atoms with van der Waals surface area (Å²) in [5.41, 5.74) is 7.09. The fourth-order valence-corrected chi connectivity index (χ4v) is 1.75. The predicted molar refractivity (Wildman–Crippen MR) is 55.6 cm³/mol. The Kier molecular flexibility index (Phi) is 4.46. The molecule has 2 unspecified atom stereocenters. The van der Waals surface area contributed by atoms with Gasteiger partial charge in [-0.2, -0.15) is 0 Å². The lowest BCUT2D eigenvalue weighted by Crippen LogP contribution is -2.17. The lowest BCUT2D eigenvalue weighted by atomic mass is 9.90. The summed E-state index contributed by atoms with van der Waals surface area (Å²) < 4.78 is 5.41. The number of nitrogens with two attached hydrogens (primary N) is 1. The minimum Gasteiger partial charge on any atom is -0.381 e. The largest absolute Gasteiger partial charge is 0.381 e. The lowest BCUT2D eigenvalue weighted by molar-refractivity contribution is 0.141. The van der Waals surface area contributed by atoms with Gasteiger partial charge in [0.25, 0.3) is 0 Å². The lowest BCUT2D eigenvalue weighted by Gasteiger charge is -2.16. The van der Waals surface area contributed by atoms with Crippen LogP contribution in [0.2, 0.25) is 0 Å². The average Bonchev–Trinajstić information content (AvgIpc) is 2.27. The van der Waals surface area contributed by atoms with Crippen LogP contribution in [0.1, 0.15) is 32.6 Å². The Morgan fingerprint density at radius 1 is 1.62 bits per heavy atom. The first-order chi connectivity index (χ1) is 6.20. The van der Waals surface area contributed by atoms with Gasteiger partial charge < -0.3 is 10.5 Å². The highest BCUT2D eigenvalue weighted by atomic mass is 16.5. The van der Waals surface area contributed by atoms with Gasteiger partial charge in [-0.05, 0) is 38.5 Å². The third-order valence-corrected chi connectivity index (χ3v) is 2.73. The molecule has 0 spiro atoms. The molecule has 0 aromatic heterocycles. The van der Waals surface area contributed by atoms with E-state index in [9.17, 15) is 0 Å². The van der Waals surface area contributed by atoms with Crippen molar-refractivity contribution < 1.29 is 4.74 Å².